The van der Waals surface area contributed by atoms with Gasteiger partial charge in [0.05, 0.1) is 13.2 Å². The van der Waals surface area contributed by atoms with Crippen LogP contribution in [0.2, 0.25) is 0 Å². The van der Waals surface area contributed by atoms with Gasteiger partial charge in [-0.05, 0) is 34.6 Å². The van der Waals surface area contributed by atoms with Gasteiger partial charge in [0.15, 0.2) is 0 Å². The lowest BCUT2D eigenvalue weighted by Crippen LogP contribution is -2.61. The van der Waals surface area contributed by atoms with Gasteiger partial charge in [-0.15, -0.1) is 0 Å². The second kappa shape index (κ2) is 8.42. The van der Waals surface area contributed by atoms with Crippen molar-refractivity contribution in [2.45, 2.75) is 65.3 Å². The molecule has 0 saturated carbocycles. The first-order valence-electron chi connectivity index (χ1n) is 9.59. The van der Waals surface area contributed by atoms with Gasteiger partial charge in [-0.1, -0.05) is 0 Å². The van der Waals surface area contributed by atoms with Gasteiger partial charge in [0.1, 0.15) is 24.7 Å². The Bertz CT molecular complexity index is 959. The molecule has 11 nitrogen and oxygen atoms in total. The fraction of sp³-hybridized carbons (Fsp3) is 0.632. The van der Waals surface area contributed by atoms with Gasteiger partial charge in [0, 0.05) is 18.2 Å². The summed E-state index contributed by atoms with van der Waals surface area (Å²) in [5, 5.41) is 2.69. The summed E-state index contributed by atoms with van der Waals surface area (Å²) in [5.41, 5.74) is -1.73. The zero-order chi connectivity index (χ0) is 22.9. The van der Waals surface area contributed by atoms with E-state index in [1.54, 1.807) is 27.7 Å². The van der Waals surface area contributed by atoms with E-state index in [9.17, 15) is 24.0 Å². The summed E-state index contributed by atoms with van der Waals surface area (Å²) < 4.78 is 10.5. The molecule has 3 amide bonds. The number of aromatic amines is 1. The van der Waals surface area contributed by atoms with E-state index >= 15 is 0 Å². The zero-order valence-corrected chi connectivity index (χ0v) is 18.1. The lowest BCUT2D eigenvalue weighted by Gasteiger charge is -2.31. The molecule has 0 radical (unpaired) electrons. The number of methoxy groups -OCH3 is 1. The molecule has 2 rings (SSSR count). The maximum atomic E-state index is 13.2. The van der Waals surface area contributed by atoms with E-state index < -0.39 is 58.1 Å². The Morgan fingerprint density at radius 1 is 1.30 bits per heavy atom. The topological polar surface area (TPSA) is 137 Å². The largest absolute Gasteiger partial charge is 0.523 e. The van der Waals surface area contributed by atoms with Crippen LogP contribution in [0.4, 0.5) is 9.59 Å². The van der Waals surface area contributed by atoms with E-state index in [1.165, 1.54) is 20.2 Å². The van der Waals surface area contributed by atoms with Crippen LogP contribution in [0.15, 0.2) is 15.8 Å². The second-order valence-electron chi connectivity index (χ2n) is 8.54. The van der Waals surface area contributed by atoms with Gasteiger partial charge >= 0.3 is 23.8 Å². The number of nitrogens with zero attached hydrogens (tertiary/aromatic N) is 2. The highest BCUT2D eigenvalue weighted by Crippen LogP contribution is 2.30. The maximum Gasteiger partial charge on any atom is 0.523 e. The first-order valence-corrected chi connectivity index (χ1v) is 9.59. The van der Waals surface area contributed by atoms with E-state index in [0.717, 1.165) is 4.57 Å². The summed E-state index contributed by atoms with van der Waals surface area (Å²) in [6.07, 6.45) is 0.170. The standard InChI is InChI=1S/C19H28N4O7/c1-11-8-22(16(26)21-15(11)25)9-14(24)23(18(28)29-6)10-13(7-12(23)2)20-17(27)30-19(3,4)5/h8,12-13H,7,9-10H2,1-6H3,(H-,20,21,25,26,27)/p+1/t12-,13-,23-/m1/s1. The molecule has 1 aromatic rings. The van der Waals surface area contributed by atoms with E-state index in [-0.39, 0.29) is 12.1 Å². The van der Waals surface area contributed by atoms with Gasteiger partial charge in [0.2, 0.25) is 0 Å². The van der Waals surface area contributed by atoms with E-state index in [0.29, 0.717) is 6.42 Å². The zero-order valence-electron chi connectivity index (χ0n) is 18.1. The van der Waals surface area contributed by atoms with Crippen LogP contribution in [0, 0.1) is 6.92 Å². The van der Waals surface area contributed by atoms with Gasteiger partial charge < -0.3 is 14.8 Å². The number of alkyl carbamates (subject to hydrolysis) is 1. The second-order valence-corrected chi connectivity index (χ2v) is 8.54. The lowest BCUT2D eigenvalue weighted by molar-refractivity contribution is -0.793. The highest BCUT2D eigenvalue weighted by atomic mass is 16.6. The van der Waals surface area contributed by atoms with E-state index in [4.69, 9.17) is 9.47 Å². The molecule has 1 aliphatic heterocycles. The number of carbonyl (C=O) groups is 3. The molecule has 30 heavy (non-hydrogen) atoms. The van der Waals surface area contributed by atoms with Crippen LogP contribution < -0.4 is 16.6 Å². The molecular weight excluding hydrogens is 396 g/mol. The van der Waals surface area contributed by atoms with Gasteiger partial charge in [-0.3, -0.25) is 14.3 Å². The summed E-state index contributed by atoms with van der Waals surface area (Å²) in [7, 11) is 1.17. The lowest BCUT2D eigenvalue weighted by atomic mass is 10.2. The van der Waals surface area contributed by atoms with Gasteiger partial charge in [0.25, 0.3) is 5.56 Å². The molecule has 166 valence electrons. The quantitative estimate of drug-likeness (QED) is 0.678. The number of aromatic nitrogens is 2. The van der Waals surface area contributed by atoms with Crippen molar-refractivity contribution < 1.29 is 28.3 Å². The fourth-order valence-corrected chi connectivity index (χ4v) is 3.65. The summed E-state index contributed by atoms with van der Waals surface area (Å²) in [6.45, 7) is 7.91. The third kappa shape index (κ3) is 4.78. The summed E-state index contributed by atoms with van der Waals surface area (Å²) in [6, 6.07) is -1.02. The predicted octanol–water partition coefficient (Wildman–Crippen LogP) is 0.640. The van der Waals surface area contributed by atoms with Crippen molar-refractivity contribution in [2.24, 2.45) is 0 Å². The Hall–Kier alpha value is -2.95. The molecule has 1 aromatic heterocycles. The number of rotatable bonds is 3. The summed E-state index contributed by atoms with van der Waals surface area (Å²) in [5.74, 6) is -0.587. The Balaban J connectivity index is 2.30. The Kier molecular flexibility index (Phi) is 6.55. The van der Waals surface area contributed by atoms with Crippen LogP contribution in [0.1, 0.15) is 39.7 Å². The molecule has 1 aliphatic rings. The van der Waals surface area contributed by atoms with E-state index in [2.05, 4.69) is 10.3 Å². The highest BCUT2D eigenvalue weighted by molar-refractivity contribution is 5.81. The van der Waals surface area contributed by atoms with Gasteiger partial charge in [-0.2, -0.15) is 9.28 Å². The molecule has 3 atom stereocenters. The number of hydrogen-bond donors (Lipinski definition) is 2. The number of H-pyrrole nitrogens is 1. The molecule has 2 N–H and O–H groups in total. The van der Waals surface area contributed by atoms with Crippen LogP contribution in [0.5, 0.6) is 0 Å². The number of imide groups is 1. The van der Waals surface area contributed by atoms with Crippen LogP contribution in [0.3, 0.4) is 0 Å². The first kappa shape index (κ1) is 23.3. The monoisotopic (exact) mass is 425 g/mol. The molecule has 0 aromatic carbocycles. The molecular formula is C19H29N4O7+. The Morgan fingerprint density at radius 3 is 2.50 bits per heavy atom. The van der Waals surface area contributed by atoms with Crippen molar-refractivity contribution in [1.82, 2.24) is 14.9 Å². The summed E-state index contributed by atoms with van der Waals surface area (Å²) >= 11 is 0. The normalized spacial score (nSPS) is 23.7. The Morgan fingerprint density at radius 2 is 1.93 bits per heavy atom. The van der Waals surface area contributed by atoms with E-state index in [1.807, 2.05) is 0 Å². The predicted molar refractivity (Wildman–Crippen MR) is 106 cm³/mol. The molecule has 1 saturated heterocycles. The molecule has 0 spiro atoms. The van der Waals surface area contributed by atoms with Crippen molar-refractivity contribution in [1.29, 1.82) is 0 Å². The minimum atomic E-state index is -0.782. The first-order chi connectivity index (χ1) is 13.8. The molecule has 0 bridgehead atoms. The molecule has 2 heterocycles. The van der Waals surface area contributed by atoms with Crippen molar-refractivity contribution in [3.05, 3.63) is 32.6 Å². The van der Waals surface area contributed by atoms with Gasteiger partial charge in [-0.25, -0.2) is 14.4 Å². The average Bonchev–Trinajstić information content (AvgIpc) is 2.93. The fourth-order valence-electron chi connectivity index (χ4n) is 3.65. The Labute approximate surface area is 173 Å². The number of aryl methyl sites for hydroxylation is 1. The minimum absolute atomic E-state index is 0.0387. The average molecular weight is 425 g/mol. The molecule has 1 fully saturated rings. The van der Waals surface area contributed by atoms with Crippen molar-refractivity contribution in [3.8, 4) is 0 Å². The van der Waals surface area contributed by atoms with Crippen LogP contribution >= 0.6 is 0 Å². The number of likely N-dealkylation sites (tertiary alicyclic amines) is 1. The molecule has 11 heteroatoms. The number of hydrogen-bond acceptors (Lipinski definition) is 7. The summed E-state index contributed by atoms with van der Waals surface area (Å²) in [4.78, 5) is 63.8. The van der Waals surface area contributed by atoms with Crippen LogP contribution in [0.25, 0.3) is 0 Å². The van der Waals surface area contributed by atoms with Crippen LogP contribution in [-0.2, 0) is 20.8 Å². The minimum Gasteiger partial charge on any atom is -0.444 e. The van der Waals surface area contributed by atoms with Crippen molar-refractivity contribution in [2.75, 3.05) is 13.7 Å². The third-order valence-electron chi connectivity index (χ3n) is 5.05. The number of amides is 3. The third-order valence-corrected chi connectivity index (χ3v) is 5.05. The highest BCUT2D eigenvalue weighted by Gasteiger charge is 2.57. The maximum absolute atomic E-state index is 13.2. The van der Waals surface area contributed by atoms with Crippen molar-refractivity contribution in [3.63, 3.8) is 0 Å². The van der Waals surface area contributed by atoms with Crippen molar-refractivity contribution >= 4 is 18.1 Å². The number of ether oxygens (including phenoxy) is 2. The number of carbonyl (C=O) groups excluding carboxylic acids is 3. The number of nitrogens with one attached hydrogen (secondary N) is 2. The smallest absolute Gasteiger partial charge is 0.444 e. The molecule has 0 aliphatic carbocycles. The molecule has 0 unspecified atom stereocenters. The van der Waals surface area contributed by atoms with Crippen LogP contribution in [-0.4, -0.2) is 63.5 Å². The SMILES string of the molecule is COC(=O)[N@+]1(C(=O)Cn2cc(C)c(=O)[nH]c2=O)C[C@H](NC(=O)OC(C)(C)C)C[C@H]1C. The number of quaternary nitrogens is 1.